The predicted octanol–water partition coefficient (Wildman–Crippen LogP) is 2.86. The molecule has 7 heteroatoms. The molecule has 0 aliphatic carbocycles. The molecule has 3 rings (SSSR count). The third-order valence-corrected chi connectivity index (χ3v) is 3.59. The Labute approximate surface area is 120 Å². The highest BCUT2D eigenvalue weighted by molar-refractivity contribution is 7.98. The van der Waals surface area contributed by atoms with Gasteiger partial charge in [0.05, 0.1) is 11.6 Å². The average molecular weight is 286 g/mol. The lowest BCUT2D eigenvalue weighted by Gasteiger charge is -2.09. The summed E-state index contributed by atoms with van der Waals surface area (Å²) in [5, 5.41) is 14.0. The number of thioether (sulfide) groups is 1. The number of hydrogen-bond donors (Lipinski definition) is 3. The zero-order valence-electron chi connectivity index (χ0n) is 11.1. The number of aromatic amines is 1. The fraction of sp³-hybridized carbons (Fsp3) is 0.154. The molecule has 0 fully saturated rings. The minimum Gasteiger partial charge on any atom is -0.357 e. The van der Waals surface area contributed by atoms with Crippen molar-refractivity contribution in [2.75, 3.05) is 23.9 Å². The molecule has 2 aromatic heterocycles. The van der Waals surface area contributed by atoms with Crippen LogP contribution in [0.2, 0.25) is 0 Å². The van der Waals surface area contributed by atoms with Crippen molar-refractivity contribution in [2.24, 2.45) is 0 Å². The molecule has 0 radical (unpaired) electrons. The van der Waals surface area contributed by atoms with Crippen molar-refractivity contribution in [3.63, 3.8) is 0 Å². The Bertz CT molecular complexity index is 739. The van der Waals surface area contributed by atoms with E-state index in [9.17, 15) is 0 Å². The van der Waals surface area contributed by atoms with Gasteiger partial charge >= 0.3 is 0 Å². The number of aromatic nitrogens is 4. The second kappa shape index (κ2) is 5.38. The molecule has 0 atom stereocenters. The fourth-order valence-corrected chi connectivity index (χ4v) is 2.34. The Hall–Kier alpha value is -2.28. The van der Waals surface area contributed by atoms with Crippen LogP contribution >= 0.6 is 11.8 Å². The van der Waals surface area contributed by atoms with Gasteiger partial charge in [-0.15, -0.1) is 11.8 Å². The number of benzene rings is 1. The van der Waals surface area contributed by atoms with Crippen LogP contribution in [0, 0.1) is 0 Å². The number of hydrogen-bond acceptors (Lipinski definition) is 6. The molecule has 0 saturated carbocycles. The van der Waals surface area contributed by atoms with Crippen LogP contribution < -0.4 is 10.6 Å². The van der Waals surface area contributed by atoms with Gasteiger partial charge in [0.1, 0.15) is 5.82 Å². The summed E-state index contributed by atoms with van der Waals surface area (Å²) in [7, 11) is 1.79. The lowest BCUT2D eigenvalue weighted by atomic mass is 10.3. The van der Waals surface area contributed by atoms with Crippen LogP contribution in [-0.4, -0.2) is 33.5 Å². The first-order chi connectivity index (χ1) is 9.80. The Kier molecular flexibility index (Phi) is 3.42. The normalized spacial score (nSPS) is 10.7. The Morgan fingerprint density at radius 1 is 1.25 bits per heavy atom. The molecular weight excluding hydrogens is 272 g/mol. The molecule has 0 unspecified atom stereocenters. The van der Waals surface area contributed by atoms with Crippen molar-refractivity contribution < 1.29 is 0 Å². The largest absolute Gasteiger partial charge is 0.357 e. The van der Waals surface area contributed by atoms with Gasteiger partial charge in [-0.3, -0.25) is 5.10 Å². The Balaban J connectivity index is 2.02. The standard InChI is InChI=1S/C13H14N6S/c1-14-13-17-11(10-7-15-19-12(10)18-13)16-8-4-3-5-9(6-8)20-2/h3-7H,1-2H3,(H3,14,15,16,17,18,19). The van der Waals surface area contributed by atoms with E-state index in [1.54, 1.807) is 25.0 Å². The van der Waals surface area contributed by atoms with Crippen LogP contribution in [-0.2, 0) is 0 Å². The number of nitrogens with one attached hydrogen (secondary N) is 3. The van der Waals surface area contributed by atoms with Crippen LogP contribution in [0.4, 0.5) is 17.5 Å². The fourth-order valence-electron chi connectivity index (χ4n) is 1.88. The lowest BCUT2D eigenvalue weighted by Crippen LogP contribution is -2.01. The summed E-state index contributed by atoms with van der Waals surface area (Å²) in [6.07, 6.45) is 3.77. The minimum absolute atomic E-state index is 0.547. The molecular formula is C13H14N6S. The summed E-state index contributed by atoms with van der Waals surface area (Å²) in [5.41, 5.74) is 1.69. The molecule has 0 saturated heterocycles. The second-order valence-electron chi connectivity index (χ2n) is 4.14. The second-order valence-corrected chi connectivity index (χ2v) is 5.01. The summed E-state index contributed by atoms with van der Waals surface area (Å²) in [6.45, 7) is 0. The van der Waals surface area contributed by atoms with Gasteiger partial charge < -0.3 is 10.6 Å². The van der Waals surface area contributed by atoms with Crippen LogP contribution in [0.25, 0.3) is 11.0 Å². The number of nitrogens with zero attached hydrogens (tertiary/aromatic N) is 3. The van der Waals surface area contributed by atoms with E-state index in [0.29, 0.717) is 11.6 Å². The number of H-pyrrole nitrogens is 1. The van der Waals surface area contributed by atoms with Crippen LogP contribution in [0.3, 0.4) is 0 Å². The lowest BCUT2D eigenvalue weighted by molar-refractivity contribution is 1.09. The molecule has 0 bridgehead atoms. The number of rotatable bonds is 4. The first-order valence-corrected chi connectivity index (χ1v) is 7.32. The van der Waals surface area contributed by atoms with Gasteiger partial charge in [-0.05, 0) is 24.5 Å². The molecule has 6 nitrogen and oxygen atoms in total. The van der Waals surface area contributed by atoms with Crippen molar-refractivity contribution in [1.82, 2.24) is 20.2 Å². The minimum atomic E-state index is 0.547. The van der Waals surface area contributed by atoms with E-state index >= 15 is 0 Å². The van der Waals surface area contributed by atoms with Gasteiger partial charge in [0, 0.05) is 17.6 Å². The van der Waals surface area contributed by atoms with Gasteiger partial charge in [-0.1, -0.05) is 6.07 Å². The summed E-state index contributed by atoms with van der Waals surface area (Å²) in [5.74, 6) is 1.27. The molecule has 0 aliphatic rings. The average Bonchev–Trinajstić information content (AvgIpc) is 2.96. The highest BCUT2D eigenvalue weighted by Gasteiger charge is 2.09. The van der Waals surface area contributed by atoms with Gasteiger partial charge in [-0.25, -0.2) is 0 Å². The quantitative estimate of drug-likeness (QED) is 0.640. The number of fused-ring (bicyclic) bond motifs is 1. The molecule has 3 aromatic rings. The molecule has 0 spiro atoms. The van der Waals surface area contributed by atoms with Crippen molar-refractivity contribution in [3.8, 4) is 0 Å². The molecule has 3 N–H and O–H groups in total. The van der Waals surface area contributed by atoms with Gasteiger partial charge in [-0.2, -0.15) is 15.1 Å². The van der Waals surface area contributed by atoms with Gasteiger partial charge in [0.2, 0.25) is 5.95 Å². The monoisotopic (exact) mass is 286 g/mol. The van der Waals surface area contributed by atoms with E-state index in [1.165, 1.54) is 4.90 Å². The molecule has 2 heterocycles. The highest BCUT2D eigenvalue weighted by Crippen LogP contribution is 2.26. The van der Waals surface area contributed by atoms with Crippen LogP contribution in [0.1, 0.15) is 0 Å². The molecule has 0 amide bonds. The summed E-state index contributed by atoms with van der Waals surface area (Å²) in [6, 6.07) is 8.17. The Morgan fingerprint density at radius 3 is 2.95 bits per heavy atom. The van der Waals surface area contributed by atoms with Crippen molar-refractivity contribution >= 4 is 40.2 Å². The highest BCUT2D eigenvalue weighted by atomic mass is 32.2. The van der Waals surface area contributed by atoms with Crippen molar-refractivity contribution in [3.05, 3.63) is 30.5 Å². The molecule has 0 aliphatic heterocycles. The van der Waals surface area contributed by atoms with Crippen LogP contribution in [0.5, 0.6) is 0 Å². The van der Waals surface area contributed by atoms with Crippen molar-refractivity contribution in [2.45, 2.75) is 4.90 Å². The maximum absolute atomic E-state index is 4.44. The maximum Gasteiger partial charge on any atom is 0.226 e. The predicted molar refractivity (Wildman–Crippen MR) is 82.7 cm³/mol. The zero-order valence-corrected chi connectivity index (χ0v) is 12.0. The van der Waals surface area contributed by atoms with Gasteiger partial charge in [0.25, 0.3) is 0 Å². The smallest absolute Gasteiger partial charge is 0.226 e. The summed E-state index contributed by atoms with van der Waals surface area (Å²) in [4.78, 5) is 9.94. The van der Waals surface area contributed by atoms with E-state index in [2.05, 4.69) is 49.2 Å². The van der Waals surface area contributed by atoms with Crippen LogP contribution in [0.15, 0.2) is 35.4 Å². The molecule has 20 heavy (non-hydrogen) atoms. The Morgan fingerprint density at radius 2 is 2.15 bits per heavy atom. The first-order valence-electron chi connectivity index (χ1n) is 6.10. The summed E-state index contributed by atoms with van der Waals surface area (Å²) >= 11 is 1.70. The van der Waals surface area contributed by atoms with E-state index in [4.69, 9.17) is 0 Å². The molecule has 102 valence electrons. The third kappa shape index (κ3) is 2.39. The van der Waals surface area contributed by atoms with Gasteiger partial charge in [0.15, 0.2) is 5.65 Å². The van der Waals surface area contributed by atoms with E-state index in [0.717, 1.165) is 16.9 Å². The SMILES string of the molecule is CNc1nc(Nc2cccc(SC)c2)c2cn[nH]c2n1. The maximum atomic E-state index is 4.44. The van der Waals surface area contributed by atoms with E-state index in [1.807, 2.05) is 12.1 Å². The number of anilines is 3. The van der Waals surface area contributed by atoms with E-state index < -0.39 is 0 Å². The van der Waals surface area contributed by atoms with E-state index in [-0.39, 0.29) is 0 Å². The summed E-state index contributed by atoms with van der Waals surface area (Å²) < 4.78 is 0. The van der Waals surface area contributed by atoms with Crippen molar-refractivity contribution in [1.29, 1.82) is 0 Å². The molecule has 1 aromatic carbocycles. The topological polar surface area (TPSA) is 78.5 Å². The third-order valence-electron chi connectivity index (χ3n) is 2.87. The zero-order chi connectivity index (χ0) is 13.9. The first kappa shape index (κ1) is 12.7.